The number of alkyl halides is 2. The van der Waals surface area contributed by atoms with Crippen molar-refractivity contribution in [3.8, 4) is 0 Å². The summed E-state index contributed by atoms with van der Waals surface area (Å²) >= 11 is 5.99. The van der Waals surface area contributed by atoms with Crippen LogP contribution in [0.5, 0.6) is 0 Å². The van der Waals surface area contributed by atoms with Crippen LogP contribution < -0.4 is 5.32 Å². The highest BCUT2D eigenvalue weighted by Crippen LogP contribution is 2.15. The summed E-state index contributed by atoms with van der Waals surface area (Å²) in [4.78, 5) is 16.4. The number of benzene rings is 1. The Hall–Kier alpha value is -3.07. The highest BCUT2D eigenvalue weighted by molar-refractivity contribution is 6.30. The first-order valence-electron chi connectivity index (χ1n) is 9.63. The predicted octanol–water partition coefficient (Wildman–Crippen LogP) is 5.35. The third-order valence-electron chi connectivity index (χ3n) is 3.93. The molecule has 0 unspecified atom stereocenters. The van der Waals surface area contributed by atoms with Gasteiger partial charge in [0.2, 0.25) is 5.91 Å². The summed E-state index contributed by atoms with van der Waals surface area (Å²) < 4.78 is 35.5. The van der Waals surface area contributed by atoms with Gasteiger partial charge in [-0.25, -0.2) is 4.98 Å². The predicted molar refractivity (Wildman–Crippen MR) is 120 cm³/mol. The number of nitrogens with one attached hydrogen (secondary N) is 1. The number of hydrogen-bond acceptors (Lipinski definition) is 4. The Bertz CT molecular complexity index is 1010. The van der Waals surface area contributed by atoms with E-state index in [1.807, 2.05) is 29.7 Å². The number of ether oxygens (including phenoxy) is 2. The monoisotopic (exact) mass is 463 g/mol. The van der Waals surface area contributed by atoms with Crippen molar-refractivity contribution in [2.75, 3.05) is 19.0 Å². The molecule has 1 amide bonds. The minimum Gasteiger partial charge on any atom is -0.331 e. The van der Waals surface area contributed by atoms with E-state index in [1.165, 1.54) is 12.2 Å². The second-order valence-electron chi connectivity index (χ2n) is 6.46. The van der Waals surface area contributed by atoms with Gasteiger partial charge >= 0.3 is 6.29 Å². The average molecular weight is 464 g/mol. The number of imidazole rings is 1. The maximum Gasteiger partial charge on any atom is 0.485 e. The van der Waals surface area contributed by atoms with Crippen molar-refractivity contribution in [1.29, 1.82) is 0 Å². The van der Waals surface area contributed by atoms with Crippen molar-refractivity contribution in [2.45, 2.75) is 19.8 Å². The van der Waals surface area contributed by atoms with Crippen LogP contribution in [-0.2, 0) is 20.8 Å². The molecule has 0 bridgehead atoms. The summed E-state index contributed by atoms with van der Waals surface area (Å²) in [5, 5.41) is 3.34. The van der Waals surface area contributed by atoms with Crippen molar-refractivity contribution in [1.82, 2.24) is 9.55 Å². The molecule has 1 heterocycles. The van der Waals surface area contributed by atoms with Gasteiger partial charge in [-0.05, 0) is 36.3 Å². The molecule has 2 rings (SSSR count). The fraction of sp³-hybridized carbons (Fsp3) is 0.217. The summed E-state index contributed by atoms with van der Waals surface area (Å²) in [5.74, 6) is 0.0508. The number of anilines is 1. The van der Waals surface area contributed by atoms with Crippen LogP contribution in [0.3, 0.4) is 0 Å². The molecule has 0 aliphatic heterocycles. The van der Waals surface area contributed by atoms with Crippen molar-refractivity contribution in [3.05, 3.63) is 95.5 Å². The number of nitrogens with zero attached hydrogens (tertiary/aromatic N) is 2. The van der Waals surface area contributed by atoms with E-state index >= 15 is 0 Å². The Balaban J connectivity index is 1.90. The zero-order valence-electron chi connectivity index (χ0n) is 17.7. The van der Waals surface area contributed by atoms with Crippen LogP contribution in [-0.4, -0.2) is 35.5 Å². The van der Waals surface area contributed by atoms with Crippen LogP contribution in [0.4, 0.5) is 14.6 Å². The number of amides is 1. The van der Waals surface area contributed by atoms with Gasteiger partial charge in [0.15, 0.2) is 5.82 Å². The molecule has 170 valence electrons. The number of hydrogen-bond donors (Lipinski definition) is 1. The molecule has 2 aromatic rings. The first-order chi connectivity index (χ1) is 15.3. The fourth-order valence-electron chi connectivity index (χ4n) is 2.49. The number of halogens is 3. The number of aromatic nitrogens is 2. The third kappa shape index (κ3) is 9.38. The first-order valence-corrected chi connectivity index (χ1v) is 10.0. The van der Waals surface area contributed by atoms with Gasteiger partial charge in [-0.15, -0.1) is 8.78 Å². The molecular formula is C23H24ClF2N3O3. The van der Waals surface area contributed by atoms with Gasteiger partial charge in [0.25, 0.3) is 0 Å². The number of methoxy groups -OCH3 is 1. The maximum atomic E-state index is 12.8. The Morgan fingerprint density at radius 2 is 2.12 bits per heavy atom. The summed E-state index contributed by atoms with van der Waals surface area (Å²) in [6.07, 6.45) is 10.8. The van der Waals surface area contributed by atoms with E-state index in [0.717, 1.165) is 12.7 Å². The summed E-state index contributed by atoms with van der Waals surface area (Å²) in [6, 6.07) is 7.49. The molecule has 0 saturated heterocycles. The second-order valence-corrected chi connectivity index (χ2v) is 6.89. The topological polar surface area (TPSA) is 65.4 Å². The highest BCUT2D eigenvalue weighted by Gasteiger charge is 2.28. The van der Waals surface area contributed by atoms with Crippen LogP contribution in [0.15, 0.2) is 84.9 Å². The molecule has 1 aromatic carbocycles. The van der Waals surface area contributed by atoms with Gasteiger partial charge < -0.3 is 9.88 Å². The molecule has 0 spiro atoms. The van der Waals surface area contributed by atoms with Gasteiger partial charge in [0.05, 0.1) is 12.9 Å². The lowest BCUT2D eigenvalue weighted by Gasteiger charge is -2.11. The van der Waals surface area contributed by atoms with Crippen molar-refractivity contribution in [3.63, 3.8) is 0 Å². The fourth-order valence-corrected chi connectivity index (χ4v) is 2.71. The van der Waals surface area contributed by atoms with Crippen LogP contribution in [0, 0.1) is 0 Å². The summed E-state index contributed by atoms with van der Waals surface area (Å²) in [5.41, 5.74) is 1.70. The number of carbonyl (C=O) groups is 1. The Morgan fingerprint density at radius 1 is 1.31 bits per heavy atom. The zero-order chi connectivity index (χ0) is 23.4. The van der Waals surface area contributed by atoms with E-state index < -0.39 is 6.29 Å². The molecule has 0 saturated carbocycles. The molecule has 32 heavy (non-hydrogen) atoms. The van der Waals surface area contributed by atoms with Gasteiger partial charge in [-0.3, -0.25) is 14.3 Å². The average Bonchev–Trinajstić information content (AvgIpc) is 3.18. The van der Waals surface area contributed by atoms with Crippen LogP contribution >= 0.6 is 11.6 Å². The van der Waals surface area contributed by atoms with Gasteiger partial charge in [-0.2, -0.15) is 0 Å². The van der Waals surface area contributed by atoms with Crippen LogP contribution in [0.2, 0.25) is 5.02 Å². The summed E-state index contributed by atoms with van der Waals surface area (Å²) in [6.45, 7) is 2.06. The first kappa shape index (κ1) is 25.2. The van der Waals surface area contributed by atoms with Gasteiger partial charge in [0, 0.05) is 31.0 Å². The minimum absolute atomic E-state index is 0.331. The smallest absolute Gasteiger partial charge is 0.331 e. The van der Waals surface area contributed by atoms with E-state index in [1.54, 1.807) is 49.0 Å². The van der Waals surface area contributed by atoms with Gasteiger partial charge in [-0.1, -0.05) is 54.1 Å². The van der Waals surface area contributed by atoms with Crippen LogP contribution in [0.1, 0.15) is 12.5 Å². The molecule has 1 aromatic heterocycles. The molecular weight excluding hydrogens is 440 g/mol. The quantitative estimate of drug-likeness (QED) is 0.277. The standard InChI is InChI=1S/C23H24ClF2N3O3/c1-3-7-18(8-4-5-13-32-23(25,26)31-2)11-12-22(30)28-21-16-29(17-27-21)15-19-9-6-10-20(24)14-19/h3-12,14,16-17H,13,15H2,1-2H3,(H,28,30)/b5-4+,7-3-,12-11+,18-8+. The van der Waals surface area contributed by atoms with E-state index in [2.05, 4.69) is 19.8 Å². The lowest BCUT2D eigenvalue weighted by molar-refractivity contribution is -0.379. The van der Waals surface area contributed by atoms with Gasteiger partial charge in [0.1, 0.15) is 0 Å². The second kappa shape index (κ2) is 12.7. The lowest BCUT2D eigenvalue weighted by Crippen LogP contribution is -2.22. The molecule has 0 aliphatic carbocycles. The Morgan fingerprint density at radius 3 is 2.84 bits per heavy atom. The molecule has 6 nitrogen and oxygen atoms in total. The number of allylic oxidation sites excluding steroid dienone is 6. The molecule has 9 heteroatoms. The lowest BCUT2D eigenvalue weighted by atomic mass is 10.2. The largest absolute Gasteiger partial charge is 0.485 e. The number of carbonyl (C=O) groups excluding carboxylic acids is 1. The van der Waals surface area contributed by atoms with Crippen molar-refractivity contribution in [2.24, 2.45) is 0 Å². The maximum absolute atomic E-state index is 12.8. The number of rotatable bonds is 11. The molecule has 0 atom stereocenters. The van der Waals surface area contributed by atoms with Crippen molar-refractivity contribution >= 4 is 23.3 Å². The Kier molecular flexibility index (Phi) is 10.0. The summed E-state index contributed by atoms with van der Waals surface area (Å²) in [7, 11) is 0.855. The SMILES string of the molecule is C\C=C/C(/C=C/C(=O)Nc1cn(Cc2cccc(Cl)c2)cn1)=C\C=C\COC(F)(F)OC. The van der Waals surface area contributed by atoms with E-state index in [0.29, 0.717) is 23.0 Å². The van der Waals surface area contributed by atoms with E-state index in [9.17, 15) is 13.6 Å². The molecule has 0 radical (unpaired) electrons. The minimum atomic E-state index is -3.63. The zero-order valence-corrected chi connectivity index (χ0v) is 18.4. The third-order valence-corrected chi connectivity index (χ3v) is 4.17. The Labute approximate surface area is 190 Å². The molecule has 1 N–H and O–H groups in total. The van der Waals surface area contributed by atoms with E-state index in [4.69, 9.17) is 11.6 Å². The highest BCUT2D eigenvalue weighted by atomic mass is 35.5. The van der Waals surface area contributed by atoms with Crippen molar-refractivity contribution < 1.29 is 23.0 Å². The normalized spacial score (nSPS) is 13.0. The molecule has 0 aliphatic rings. The molecule has 0 fully saturated rings. The van der Waals surface area contributed by atoms with Crippen LogP contribution in [0.25, 0.3) is 0 Å². The van der Waals surface area contributed by atoms with E-state index in [-0.39, 0.29) is 12.5 Å².